The molecule has 1 fully saturated rings. The number of hydrogen-bond donors (Lipinski definition) is 2. The van der Waals surface area contributed by atoms with Crippen molar-refractivity contribution in [1.29, 1.82) is 0 Å². The minimum absolute atomic E-state index is 0.0913. The molecule has 1 aliphatic rings. The predicted octanol–water partition coefficient (Wildman–Crippen LogP) is 0.0999. The number of aliphatic carboxylic acids is 2. The molecular formula is C23H29N7O8. The molecule has 3 aromatic rings. The quantitative estimate of drug-likeness (QED) is 0.296. The van der Waals surface area contributed by atoms with Gasteiger partial charge in [0, 0.05) is 71.2 Å². The van der Waals surface area contributed by atoms with Gasteiger partial charge in [0.2, 0.25) is 0 Å². The second-order valence-corrected chi connectivity index (χ2v) is 8.71. The maximum absolute atomic E-state index is 12.5. The molecule has 1 aromatic carbocycles. The van der Waals surface area contributed by atoms with E-state index in [1.807, 2.05) is 0 Å². The maximum Gasteiger partial charge on any atom is 0.332 e. The lowest BCUT2D eigenvalue weighted by Crippen LogP contribution is -2.47. The Morgan fingerprint density at radius 3 is 2.05 bits per heavy atom. The van der Waals surface area contributed by atoms with Crippen molar-refractivity contribution in [3.8, 4) is 0 Å². The number of nitro groups is 1. The Kier molecular flexibility index (Phi) is 8.96. The van der Waals surface area contributed by atoms with Crippen molar-refractivity contribution in [2.75, 3.05) is 37.6 Å². The van der Waals surface area contributed by atoms with Crippen LogP contribution in [0.15, 0.2) is 40.2 Å². The van der Waals surface area contributed by atoms with Gasteiger partial charge in [-0.25, -0.2) is 9.78 Å². The number of fused-ring (bicyclic) bond motifs is 1. The van der Waals surface area contributed by atoms with Gasteiger partial charge in [-0.1, -0.05) is 0 Å². The smallest absolute Gasteiger partial charge is 0.332 e. The number of benzene rings is 1. The zero-order chi connectivity index (χ0) is 28.0. The van der Waals surface area contributed by atoms with Crippen molar-refractivity contribution >= 4 is 34.5 Å². The van der Waals surface area contributed by atoms with Crippen molar-refractivity contribution in [1.82, 2.24) is 23.6 Å². The molecule has 1 saturated heterocycles. The van der Waals surface area contributed by atoms with Crippen LogP contribution in [0, 0.1) is 10.1 Å². The minimum atomic E-state index is -1.08. The van der Waals surface area contributed by atoms with Gasteiger partial charge in [0.15, 0.2) is 11.2 Å². The normalized spacial score (nSPS) is 13.7. The first kappa shape index (κ1) is 28.0. The number of nitro benzene ring substituents is 1. The van der Waals surface area contributed by atoms with Gasteiger partial charge in [0.25, 0.3) is 11.2 Å². The summed E-state index contributed by atoms with van der Waals surface area (Å²) in [5, 5.41) is 26.6. The summed E-state index contributed by atoms with van der Waals surface area (Å²) in [5.74, 6) is -2.15. The molecule has 1 aliphatic heterocycles. The van der Waals surface area contributed by atoms with E-state index in [2.05, 4.69) is 14.8 Å². The zero-order valence-electron chi connectivity index (χ0n) is 21.0. The monoisotopic (exact) mass is 531 g/mol. The van der Waals surface area contributed by atoms with Crippen LogP contribution < -0.4 is 16.1 Å². The Hall–Kier alpha value is -4.53. The molecule has 204 valence electrons. The molecule has 4 rings (SSSR count). The molecule has 15 nitrogen and oxygen atoms in total. The third-order valence-electron chi connectivity index (χ3n) is 6.23. The van der Waals surface area contributed by atoms with Crippen molar-refractivity contribution in [2.24, 2.45) is 14.1 Å². The number of carboxylic acids is 2. The number of carbonyl (C=O) groups is 2. The zero-order valence-corrected chi connectivity index (χ0v) is 21.0. The summed E-state index contributed by atoms with van der Waals surface area (Å²) < 4.78 is 4.29. The van der Waals surface area contributed by atoms with E-state index in [9.17, 15) is 29.3 Å². The van der Waals surface area contributed by atoms with E-state index in [1.165, 1.54) is 23.7 Å². The Balaban J connectivity index is 0.000000436. The molecule has 0 saturated carbocycles. The summed E-state index contributed by atoms with van der Waals surface area (Å²) >= 11 is 0. The molecule has 15 heteroatoms. The predicted molar refractivity (Wildman–Crippen MR) is 136 cm³/mol. The third-order valence-corrected chi connectivity index (χ3v) is 6.23. The van der Waals surface area contributed by atoms with E-state index in [4.69, 9.17) is 10.2 Å². The van der Waals surface area contributed by atoms with Crippen molar-refractivity contribution in [2.45, 2.75) is 19.4 Å². The fraction of sp³-hybridized carbons (Fsp3) is 0.435. The largest absolute Gasteiger partial charge is 0.481 e. The third kappa shape index (κ3) is 6.61. The van der Waals surface area contributed by atoms with Crippen molar-refractivity contribution < 1.29 is 24.7 Å². The van der Waals surface area contributed by atoms with Crippen molar-refractivity contribution in [3.63, 3.8) is 0 Å². The maximum atomic E-state index is 12.5. The first-order valence-corrected chi connectivity index (χ1v) is 11.8. The molecule has 0 radical (unpaired) electrons. The summed E-state index contributed by atoms with van der Waals surface area (Å²) in [6, 6.07) is 6.62. The van der Waals surface area contributed by atoms with Gasteiger partial charge in [0.1, 0.15) is 0 Å². The van der Waals surface area contributed by atoms with Crippen LogP contribution in [0.4, 0.5) is 11.4 Å². The lowest BCUT2D eigenvalue weighted by molar-refractivity contribution is -0.384. The summed E-state index contributed by atoms with van der Waals surface area (Å²) in [7, 11) is 3.08. The molecule has 3 heterocycles. The fourth-order valence-corrected chi connectivity index (χ4v) is 4.04. The minimum Gasteiger partial charge on any atom is -0.481 e. The van der Waals surface area contributed by atoms with Crippen LogP contribution in [-0.4, -0.2) is 83.4 Å². The second kappa shape index (κ2) is 12.1. The van der Waals surface area contributed by atoms with E-state index >= 15 is 0 Å². The lowest BCUT2D eigenvalue weighted by Gasteiger charge is -2.36. The number of rotatable bonds is 8. The van der Waals surface area contributed by atoms with Crippen LogP contribution in [0.1, 0.15) is 12.8 Å². The molecule has 0 amide bonds. The van der Waals surface area contributed by atoms with Gasteiger partial charge in [-0.15, -0.1) is 0 Å². The highest BCUT2D eigenvalue weighted by molar-refractivity contribution is 5.75. The first-order valence-electron chi connectivity index (χ1n) is 11.8. The van der Waals surface area contributed by atoms with Crippen LogP contribution in [0.25, 0.3) is 11.2 Å². The topological polar surface area (TPSA) is 186 Å². The molecule has 38 heavy (non-hydrogen) atoms. The summed E-state index contributed by atoms with van der Waals surface area (Å²) in [4.78, 5) is 63.0. The van der Waals surface area contributed by atoms with E-state index in [0.29, 0.717) is 17.7 Å². The van der Waals surface area contributed by atoms with Gasteiger partial charge in [-0.05, 0) is 12.1 Å². The lowest BCUT2D eigenvalue weighted by atomic mass is 10.2. The molecule has 0 unspecified atom stereocenters. The number of aromatic nitrogens is 4. The molecule has 2 N–H and O–H groups in total. The first-order chi connectivity index (χ1) is 18.0. The van der Waals surface area contributed by atoms with Crippen LogP contribution in [-0.2, 0) is 30.2 Å². The number of piperazine rings is 1. The molecule has 2 aromatic heterocycles. The highest BCUT2D eigenvalue weighted by atomic mass is 16.6. The summed E-state index contributed by atoms with van der Waals surface area (Å²) in [5.41, 5.74) is 1.17. The number of nitrogens with zero attached hydrogens (tertiary/aromatic N) is 7. The summed E-state index contributed by atoms with van der Waals surface area (Å²) in [6.07, 6.45) is 1.02. The van der Waals surface area contributed by atoms with Gasteiger partial charge in [-0.2, -0.15) is 0 Å². The van der Waals surface area contributed by atoms with Crippen LogP contribution in [0.5, 0.6) is 0 Å². The average Bonchev–Trinajstić information content (AvgIpc) is 3.33. The number of carboxylic acid groups (broad SMARTS) is 2. The fourth-order valence-electron chi connectivity index (χ4n) is 4.04. The van der Waals surface area contributed by atoms with Crippen LogP contribution >= 0.6 is 0 Å². The number of non-ortho nitro benzene ring substituents is 1. The average molecular weight is 532 g/mol. The highest BCUT2D eigenvalue weighted by Gasteiger charge is 2.19. The van der Waals surface area contributed by atoms with E-state index in [0.717, 1.165) is 43.0 Å². The van der Waals surface area contributed by atoms with Crippen molar-refractivity contribution in [3.05, 3.63) is 61.5 Å². The Labute approximate surface area is 215 Å². The number of hydrogen-bond acceptors (Lipinski definition) is 9. The SMILES string of the molecule is Cn1c(=O)c2c(ncn2CCN2CCN(c3ccc([N+](=O)[O-])cc3)CC2)n(C)c1=O.O=C(O)CCC(=O)O. The van der Waals surface area contributed by atoms with E-state index < -0.39 is 16.9 Å². The number of anilines is 1. The summed E-state index contributed by atoms with van der Waals surface area (Å²) in [6.45, 7) is 4.69. The van der Waals surface area contributed by atoms with Crippen LogP contribution in [0.2, 0.25) is 0 Å². The number of aryl methyl sites for hydroxylation is 1. The van der Waals surface area contributed by atoms with E-state index in [1.54, 1.807) is 30.1 Å². The number of imidazole rings is 1. The molecule has 0 aliphatic carbocycles. The van der Waals surface area contributed by atoms with Gasteiger partial charge >= 0.3 is 17.6 Å². The molecule has 0 spiro atoms. The van der Waals surface area contributed by atoms with Gasteiger partial charge < -0.3 is 19.7 Å². The Morgan fingerprint density at radius 1 is 0.947 bits per heavy atom. The van der Waals surface area contributed by atoms with Gasteiger partial charge in [-0.3, -0.25) is 38.5 Å². The Bertz CT molecular complexity index is 1420. The highest BCUT2D eigenvalue weighted by Crippen LogP contribution is 2.20. The standard InChI is InChI=1S/C19H23N7O4.C4H6O4/c1-21-17-16(18(27)22(2)19(21)28)25(13-20-17)12-9-23-7-10-24(11-8-23)14-3-5-15(6-4-14)26(29)30;5-3(6)1-2-4(7)8/h3-6,13H,7-12H2,1-2H3;1-2H2,(H,5,6)(H,7,8). The molecule has 0 bridgehead atoms. The molecular weight excluding hydrogens is 502 g/mol. The van der Waals surface area contributed by atoms with Crippen LogP contribution in [0.3, 0.4) is 0 Å². The Morgan fingerprint density at radius 2 is 1.53 bits per heavy atom. The molecule has 0 atom stereocenters. The second-order valence-electron chi connectivity index (χ2n) is 8.71. The van der Waals surface area contributed by atoms with Gasteiger partial charge in [0.05, 0.1) is 24.1 Å². The van der Waals surface area contributed by atoms with E-state index in [-0.39, 0.29) is 29.8 Å².